The average molecular weight is 318 g/mol. The molecule has 18 heavy (non-hydrogen) atoms. The van der Waals surface area contributed by atoms with Crippen molar-refractivity contribution in [3.05, 3.63) is 32.5 Å². The predicted octanol–water partition coefficient (Wildman–Crippen LogP) is 2.28. The number of nitrogens with zero attached hydrogens (tertiary/aromatic N) is 2. The lowest BCUT2D eigenvalue weighted by Crippen LogP contribution is -2.28. The summed E-state index contributed by atoms with van der Waals surface area (Å²) in [4.78, 5) is 12.3. The van der Waals surface area contributed by atoms with Crippen LogP contribution in [0.1, 0.15) is 6.92 Å². The highest BCUT2D eigenvalue weighted by Crippen LogP contribution is 2.35. The summed E-state index contributed by atoms with van der Waals surface area (Å²) in [6.07, 6.45) is 0. The van der Waals surface area contributed by atoms with Crippen LogP contribution in [0.15, 0.2) is 16.6 Å². The molecule has 0 bridgehead atoms. The molecule has 1 fully saturated rings. The zero-order valence-electron chi connectivity index (χ0n) is 9.77. The Balaban J connectivity index is 2.43. The van der Waals surface area contributed by atoms with Crippen LogP contribution in [0.2, 0.25) is 0 Å². The van der Waals surface area contributed by atoms with Crippen molar-refractivity contribution in [1.29, 1.82) is 0 Å². The van der Waals surface area contributed by atoms with E-state index in [1.54, 1.807) is 4.90 Å². The maximum Gasteiger partial charge on any atom is 0.293 e. The molecule has 7 heteroatoms. The van der Waals surface area contributed by atoms with E-state index in [0.29, 0.717) is 18.8 Å². The van der Waals surface area contributed by atoms with Gasteiger partial charge in [-0.25, -0.2) is 4.39 Å². The highest BCUT2D eigenvalue weighted by Gasteiger charge is 2.31. The number of nitro groups is 1. The minimum absolute atomic E-state index is 0.0451. The molecule has 2 atom stereocenters. The Morgan fingerprint density at radius 1 is 1.56 bits per heavy atom. The van der Waals surface area contributed by atoms with Crippen LogP contribution in [0.3, 0.4) is 0 Å². The monoisotopic (exact) mass is 317 g/mol. The van der Waals surface area contributed by atoms with Gasteiger partial charge in [-0.3, -0.25) is 10.1 Å². The molecule has 1 aliphatic heterocycles. The van der Waals surface area contributed by atoms with Crippen molar-refractivity contribution in [2.24, 2.45) is 11.7 Å². The molecule has 0 spiro atoms. The minimum Gasteiger partial charge on any atom is -0.364 e. The molecule has 98 valence electrons. The van der Waals surface area contributed by atoms with Gasteiger partial charge >= 0.3 is 0 Å². The molecule has 1 saturated heterocycles. The van der Waals surface area contributed by atoms with Crippen LogP contribution in [-0.4, -0.2) is 24.1 Å². The Morgan fingerprint density at radius 3 is 2.72 bits per heavy atom. The highest BCUT2D eigenvalue weighted by molar-refractivity contribution is 9.10. The number of benzene rings is 1. The quantitative estimate of drug-likeness (QED) is 0.671. The van der Waals surface area contributed by atoms with Crippen molar-refractivity contribution in [2.45, 2.75) is 13.0 Å². The summed E-state index contributed by atoms with van der Waals surface area (Å²) in [6.45, 7) is 3.08. The molecule has 2 unspecified atom stereocenters. The van der Waals surface area contributed by atoms with Gasteiger partial charge in [-0.15, -0.1) is 0 Å². The van der Waals surface area contributed by atoms with Gasteiger partial charge < -0.3 is 10.6 Å². The van der Waals surface area contributed by atoms with Crippen LogP contribution in [-0.2, 0) is 0 Å². The molecule has 1 aromatic carbocycles. The second kappa shape index (κ2) is 4.81. The Hall–Kier alpha value is -1.21. The minimum atomic E-state index is -0.510. The molecule has 0 aliphatic carbocycles. The smallest absolute Gasteiger partial charge is 0.293 e. The number of halogens is 2. The zero-order chi connectivity index (χ0) is 13.4. The largest absolute Gasteiger partial charge is 0.364 e. The fraction of sp³-hybridized carbons (Fsp3) is 0.455. The van der Waals surface area contributed by atoms with E-state index in [0.717, 1.165) is 0 Å². The summed E-state index contributed by atoms with van der Waals surface area (Å²) < 4.78 is 13.6. The van der Waals surface area contributed by atoms with Crippen molar-refractivity contribution >= 4 is 27.3 Å². The number of nitrogens with two attached hydrogens (primary N) is 1. The molecule has 1 heterocycles. The third-order valence-corrected chi connectivity index (χ3v) is 3.83. The Bertz CT molecular complexity index is 487. The number of rotatable bonds is 2. The maximum atomic E-state index is 13.5. The van der Waals surface area contributed by atoms with E-state index in [-0.39, 0.29) is 22.1 Å². The maximum absolute atomic E-state index is 13.5. The molecule has 0 radical (unpaired) electrons. The second-order valence-electron chi connectivity index (χ2n) is 4.56. The lowest BCUT2D eigenvalue weighted by atomic mass is 10.1. The van der Waals surface area contributed by atoms with Crippen LogP contribution in [0, 0.1) is 21.8 Å². The van der Waals surface area contributed by atoms with Crippen LogP contribution < -0.4 is 10.6 Å². The van der Waals surface area contributed by atoms with E-state index in [4.69, 9.17) is 5.73 Å². The van der Waals surface area contributed by atoms with Crippen LogP contribution in [0.4, 0.5) is 15.8 Å². The summed E-state index contributed by atoms with van der Waals surface area (Å²) in [6, 6.07) is 2.34. The zero-order valence-corrected chi connectivity index (χ0v) is 11.4. The number of nitro benzene ring substituents is 1. The second-order valence-corrected chi connectivity index (χ2v) is 5.41. The van der Waals surface area contributed by atoms with Gasteiger partial charge in [0.1, 0.15) is 11.5 Å². The molecular weight excluding hydrogens is 305 g/mol. The molecule has 1 aliphatic rings. The normalized spacial score (nSPS) is 23.4. The summed E-state index contributed by atoms with van der Waals surface area (Å²) >= 11 is 2.96. The van der Waals surface area contributed by atoms with Gasteiger partial charge in [-0.2, -0.15) is 0 Å². The number of hydrogen-bond acceptors (Lipinski definition) is 4. The number of hydrogen-bond donors (Lipinski definition) is 1. The Labute approximate surface area is 112 Å². The summed E-state index contributed by atoms with van der Waals surface area (Å²) in [5.74, 6) is -0.278. The number of anilines is 1. The first-order valence-electron chi connectivity index (χ1n) is 5.54. The van der Waals surface area contributed by atoms with Crippen molar-refractivity contribution in [1.82, 2.24) is 0 Å². The average Bonchev–Trinajstić information content (AvgIpc) is 2.62. The predicted molar refractivity (Wildman–Crippen MR) is 70.1 cm³/mol. The van der Waals surface area contributed by atoms with Crippen LogP contribution in [0.25, 0.3) is 0 Å². The lowest BCUT2D eigenvalue weighted by Gasteiger charge is -2.18. The fourth-order valence-corrected chi connectivity index (χ4v) is 2.45. The summed E-state index contributed by atoms with van der Waals surface area (Å²) in [7, 11) is 0. The Morgan fingerprint density at radius 2 is 2.22 bits per heavy atom. The first kappa shape index (κ1) is 13.2. The van der Waals surface area contributed by atoms with E-state index < -0.39 is 10.7 Å². The van der Waals surface area contributed by atoms with E-state index in [1.807, 2.05) is 6.92 Å². The van der Waals surface area contributed by atoms with Gasteiger partial charge in [-0.05, 0) is 21.8 Å². The van der Waals surface area contributed by atoms with E-state index >= 15 is 0 Å². The molecule has 5 nitrogen and oxygen atoms in total. The van der Waals surface area contributed by atoms with Crippen LogP contribution in [0.5, 0.6) is 0 Å². The molecule has 0 amide bonds. The molecule has 2 rings (SSSR count). The van der Waals surface area contributed by atoms with E-state index in [1.165, 1.54) is 12.1 Å². The van der Waals surface area contributed by atoms with Gasteiger partial charge in [0.25, 0.3) is 5.69 Å². The van der Waals surface area contributed by atoms with Crippen LogP contribution >= 0.6 is 15.9 Å². The fourth-order valence-electron chi connectivity index (χ4n) is 2.11. The van der Waals surface area contributed by atoms with Gasteiger partial charge in [0.05, 0.1) is 9.40 Å². The van der Waals surface area contributed by atoms with Gasteiger partial charge in [0.15, 0.2) is 0 Å². The SMILES string of the molecule is CC1CN(c2cc(F)c(Br)cc2[N+](=O)[O-])CC1N. The molecular formula is C11H13BrFN3O2. The lowest BCUT2D eigenvalue weighted by molar-refractivity contribution is -0.384. The third kappa shape index (κ3) is 2.32. The summed E-state index contributed by atoms with van der Waals surface area (Å²) in [5.41, 5.74) is 6.07. The van der Waals surface area contributed by atoms with Gasteiger partial charge in [0, 0.05) is 31.3 Å². The molecule has 0 aromatic heterocycles. The first-order chi connectivity index (χ1) is 8.40. The molecule has 2 N–H and O–H groups in total. The van der Waals surface area contributed by atoms with Crippen molar-refractivity contribution < 1.29 is 9.31 Å². The third-order valence-electron chi connectivity index (χ3n) is 3.23. The van der Waals surface area contributed by atoms with Gasteiger partial charge in [0.2, 0.25) is 0 Å². The van der Waals surface area contributed by atoms with Crippen molar-refractivity contribution in [3.63, 3.8) is 0 Å². The highest BCUT2D eigenvalue weighted by atomic mass is 79.9. The summed E-state index contributed by atoms with van der Waals surface area (Å²) in [5, 5.41) is 11.0. The van der Waals surface area contributed by atoms with E-state index in [9.17, 15) is 14.5 Å². The van der Waals surface area contributed by atoms with Crippen molar-refractivity contribution in [3.8, 4) is 0 Å². The standard InChI is InChI=1S/C11H13BrFN3O2/c1-6-4-15(5-9(6)14)10-3-8(13)7(12)2-11(10)16(17)18/h2-3,6,9H,4-5,14H2,1H3. The first-order valence-corrected chi connectivity index (χ1v) is 6.33. The van der Waals surface area contributed by atoms with Crippen molar-refractivity contribution in [2.75, 3.05) is 18.0 Å². The molecule has 1 aromatic rings. The Kier molecular flexibility index (Phi) is 3.54. The van der Waals surface area contributed by atoms with E-state index in [2.05, 4.69) is 15.9 Å². The molecule has 0 saturated carbocycles. The van der Waals surface area contributed by atoms with Gasteiger partial charge in [-0.1, -0.05) is 6.92 Å². The topological polar surface area (TPSA) is 72.4 Å².